The van der Waals surface area contributed by atoms with E-state index in [1.807, 2.05) is 0 Å². The molecule has 0 radical (unpaired) electrons. The molecule has 0 aromatic rings. The zero-order valence-electron chi connectivity index (χ0n) is 5.38. The van der Waals surface area contributed by atoms with Crippen molar-refractivity contribution in [2.45, 2.75) is 13.0 Å². The Morgan fingerprint density at radius 3 is 2.00 bits per heavy atom. The molecule has 3 nitrogen and oxygen atoms in total. The number of carbonyl (C=O) groups excluding carboxylic acids is 1. The fourth-order valence-electron chi connectivity index (χ4n) is 0.374. The van der Waals surface area contributed by atoms with Crippen LogP contribution in [0.5, 0.6) is 0 Å². The van der Waals surface area contributed by atoms with E-state index in [2.05, 4.69) is 0 Å². The summed E-state index contributed by atoms with van der Waals surface area (Å²) >= 11 is 0. The van der Waals surface area contributed by atoms with Crippen LogP contribution in [0.2, 0.25) is 0 Å². The first-order valence-corrected chi connectivity index (χ1v) is 2.45. The molecular weight excluding hydrogens is 106 g/mol. The minimum Gasteiger partial charge on any atom is -0.384 e. The number of likely N-dealkylation sites (N-methyl/N-ethyl adjacent to an activating group) is 1. The molecular formula is C5H11NO2. The highest BCUT2D eigenvalue weighted by Crippen LogP contribution is 1.84. The fourth-order valence-corrected chi connectivity index (χ4v) is 0.374. The SMILES string of the molecule is C[C@@H](O)C(=O)N(C)C. The molecule has 0 unspecified atom stereocenters. The van der Waals surface area contributed by atoms with E-state index >= 15 is 0 Å². The molecule has 0 aromatic carbocycles. The average molecular weight is 117 g/mol. The van der Waals surface area contributed by atoms with Crippen LogP contribution in [0.25, 0.3) is 0 Å². The van der Waals surface area contributed by atoms with E-state index in [1.54, 1.807) is 14.1 Å². The maximum absolute atomic E-state index is 10.5. The van der Waals surface area contributed by atoms with Crippen molar-refractivity contribution >= 4 is 5.91 Å². The van der Waals surface area contributed by atoms with Crippen molar-refractivity contribution in [1.82, 2.24) is 4.90 Å². The van der Waals surface area contributed by atoms with Crippen LogP contribution in [-0.2, 0) is 4.79 Å². The van der Waals surface area contributed by atoms with Crippen molar-refractivity contribution in [1.29, 1.82) is 0 Å². The second-order valence-corrected chi connectivity index (χ2v) is 1.91. The summed E-state index contributed by atoms with van der Waals surface area (Å²) in [6.07, 6.45) is -0.870. The maximum Gasteiger partial charge on any atom is 0.250 e. The van der Waals surface area contributed by atoms with Gasteiger partial charge in [0.2, 0.25) is 0 Å². The van der Waals surface area contributed by atoms with Crippen LogP contribution in [0.3, 0.4) is 0 Å². The molecule has 0 rings (SSSR count). The van der Waals surface area contributed by atoms with Crippen LogP contribution in [0.4, 0.5) is 0 Å². The summed E-state index contributed by atoms with van der Waals surface area (Å²) in [4.78, 5) is 11.9. The molecule has 1 amide bonds. The minimum absolute atomic E-state index is 0.259. The summed E-state index contributed by atoms with van der Waals surface area (Å²) in [6, 6.07) is 0. The van der Waals surface area contributed by atoms with Gasteiger partial charge in [0.05, 0.1) is 0 Å². The van der Waals surface area contributed by atoms with Gasteiger partial charge in [0, 0.05) is 14.1 Å². The Hall–Kier alpha value is -0.570. The smallest absolute Gasteiger partial charge is 0.250 e. The molecule has 0 bridgehead atoms. The minimum atomic E-state index is -0.870. The Bertz CT molecular complexity index is 78.4. The number of carbonyl (C=O) groups is 1. The Kier molecular flexibility index (Phi) is 2.48. The van der Waals surface area contributed by atoms with Crippen molar-refractivity contribution in [3.63, 3.8) is 0 Å². The van der Waals surface area contributed by atoms with Crippen molar-refractivity contribution in [2.75, 3.05) is 14.1 Å². The molecule has 0 aliphatic carbocycles. The number of nitrogens with zero attached hydrogens (tertiary/aromatic N) is 1. The monoisotopic (exact) mass is 117 g/mol. The molecule has 0 aliphatic rings. The van der Waals surface area contributed by atoms with Gasteiger partial charge in [-0.15, -0.1) is 0 Å². The lowest BCUT2D eigenvalue weighted by Crippen LogP contribution is -2.31. The van der Waals surface area contributed by atoms with Crippen LogP contribution in [0.15, 0.2) is 0 Å². The highest BCUT2D eigenvalue weighted by atomic mass is 16.3. The van der Waals surface area contributed by atoms with Gasteiger partial charge in [0.15, 0.2) is 0 Å². The third-order valence-electron chi connectivity index (χ3n) is 0.798. The Morgan fingerprint density at radius 2 is 2.00 bits per heavy atom. The van der Waals surface area contributed by atoms with Gasteiger partial charge >= 0.3 is 0 Å². The van der Waals surface area contributed by atoms with E-state index in [0.717, 1.165) is 0 Å². The third-order valence-corrected chi connectivity index (χ3v) is 0.798. The molecule has 0 aromatic heterocycles. The fraction of sp³-hybridized carbons (Fsp3) is 0.800. The van der Waals surface area contributed by atoms with Gasteiger partial charge in [-0.05, 0) is 6.92 Å². The Morgan fingerprint density at radius 1 is 1.62 bits per heavy atom. The average Bonchev–Trinajstić information content (AvgIpc) is 1.64. The number of hydrogen-bond acceptors (Lipinski definition) is 2. The van der Waals surface area contributed by atoms with Gasteiger partial charge in [0.25, 0.3) is 5.91 Å². The predicted octanol–water partition coefficient (Wildman–Crippen LogP) is -0.545. The maximum atomic E-state index is 10.5. The zero-order valence-corrected chi connectivity index (χ0v) is 5.38. The Balaban J connectivity index is 3.65. The van der Waals surface area contributed by atoms with Crippen LogP contribution in [0.1, 0.15) is 6.92 Å². The second-order valence-electron chi connectivity index (χ2n) is 1.91. The lowest BCUT2D eigenvalue weighted by atomic mass is 10.4. The zero-order chi connectivity index (χ0) is 6.73. The summed E-state index contributed by atoms with van der Waals surface area (Å²) in [5, 5.41) is 8.60. The molecule has 3 heteroatoms. The highest BCUT2D eigenvalue weighted by molar-refractivity contribution is 5.79. The van der Waals surface area contributed by atoms with Gasteiger partial charge in [-0.25, -0.2) is 0 Å². The van der Waals surface area contributed by atoms with Crippen molar-refractivity contribution in [3.05, 3.63) is 0 Å². The first kappa shape index (κ1) is 7.43. The molecule has 48 valence electrons. The van der Waals surface area contributed by atoms with Gasteiger partial charge in [-0.2, -0.15) is 0 Å². The molecule has 0 aliphatic heterocycles. The summed E-state index contributed by atoms with van der Waals surface area (Å²) in [7, 11) is 3.21. The van der Waals surface area contributed by atoms with Crippen molar-refractivity contribution in [2.24, 2.45) is 0 Å². The molecule has 0 saturated heterocycles. The quantitative estimate of drug-likeness (QED) is 0.501. The second kappa shape index (κ2) is 2.67. The summed E-state index contributed by atoms with van der Waals surface area (Å²) in [5.74, 6) is -0.259. The Labute approximate surface area is 48.9 Å². The topological polar surface area (TPSA) is 40.5 Å². The highest BCUT2D eigenvalue weighted by Gasteiger charge is 2.08. The summed E-state index contributed by atoms with van der Waals surface area (Å²) < 4.78 is 0. The van der Waals surface area contributed by atoms with Crippen molar-refractivity contribution in [3.8, 4) is 0 Å². The number of aliphatic hydroxyl groups excluding tert-OH is 1. The first-order valence-electron chi connectivity index (χ1n) is 2.45. The van der Waals surface area contributed by atoms with Crippen LogP contribution >= 0.6 is 0 Å². The van der Waals surface area contributed by atoms with E-state index in [1.165, 1.54) is 11.8 Å². The van der Waals surface area contributed by atoms with Gasteiger partial charge in [-0.1, -0.05) is 0 Å². The van der Waals surface area contributed by atoms with Crippen LogP contribution in [0, 0.1) is 0 Å². The third kappa shape index (κ3) is 1.93. The lowest BCUT2D eigenvalue weighted by Gasteiger charge is -2.10. The summed E-state index contributed by atoms with van der Waals surface area (Å²) in [6.45, 7) is 1.45. The molecule has 1 N–H and O–H groups in total. The first-order chi connectivity index (χ1) is 3.55. The van der Waals surface area contributed by atoms with E-state index in [9.17, 15) is 4.79 Å². The van der Waals surface area contributed by atoms with E-state index < -0.39 is 6.10 Å². The molecule has 0 heterocycles. The van der Waals surface area contributed by atoms with Crippen molar-refractivity contribution < 1.29 is 9.90 Å². The molecule has 0 spiro atoms. The molecule has 0 saturated carbocycles. The van der Waals surface area contributed by atoms with Crippen LogP contribution in [-0.4, -0.2) is 36.1 Å². The number of rotatable bonds is 1. The number of aliphatic hydroxyl groups is 1. The lowest BCUT2D eigenvalue weighted by molar-refractivity contribution is -0.136. The standard InChI is InChI=1S/C5H11NO2/c1-4(7)5(8)6(2)3/h4,7H,1-3H3/t4-/m1/s1. The number of hydrogen-bond donors (Lipinski definition) is 1. The van der Waals surface area contributed by atoms with E-state index in [4.69, 9.17) is 5.11 Å². The van der Waals surface area contributed by atoms with Gasteiger partial charge in [0.1, 0.15) is 6.10 Å². The van der Waals surface area contributed by atoms with Gasteiger partial charge in [-0.3, -0.25) is 4.79 Å². The van der Waals surface area contributed by atoms with E-state index in [-0.39, 0.29) is 5.91 Å². The van der Waals surface area contributed by atoms with E-state index in [0.29, 0.717) is 0 Å². The molecule has 0 fully saturated rings. The predicted molar refractivity (Wildman–Crippen MR) is 30.4 cm³/mol. The molecule has 1 atom stereocenters. The normalized spacial score (nSPS) is 13.0. The summed E-state index contributed by atoms with van der Waals surface area (Å²) in [5.41, 5.74) is 0. The molecule has 8 heavy (non-hydrogen) atoms. The van der Waals surface area contributed by atoms with Crippen LogP contribution < -0.4 is 0 Å². The largest absolute Gasteiger partial charge is 0.384 e. The van der Waals surface area contributed by atoms with Gasteiger partial charge < -0.3 is 10.0 Å². The number of amides is 1.